The minimum absolute atomic E-state index is 0.0867. The number of carboxylic acids is 1. The minimum atomic E-state index is -0.985. The van der Waals surface area contributed by atoms with Crippen LogP contribution in [0.1, 0.15) is 35.2 Å². The predicted octanol–water partition coefficient (Wildman–Crippen LogP) is 2.05. The van der Waals surface area contributed by atoms with Crippen molar-refractivity contribution in [2.75, 3.05) is 0 Å². The number of amidine groups is 1. The number of allylic oxidation sites excluding steroid dienone is 4. The molecule has 0 saturated heterocycles. The standard InChI is InChI=1S/C20H19N5O4/c21-16-9-12(5-6-17(27)28)18-14(24-25-16)7-13(8-15(18)26)19(29)10-1-3-11(4-2-10)20(22)23/h1-4,7,9,12H,5-6,8,21H2,(H3,22,23)(H,27,28). The van der Waals surface area contributed by atoms with Gasteiger partial charge < -0.3 is 16.6 Å². The molecule has 0 saturated carbocycles. The van der Waals surface area contributed by atoms with Crippen molar-refractivity contribution in [2.24, 2.45) is 27.6 Å². The third-order valence-electron chi connectivity index (χ3n) is 4.67. The number of aliphatic carboxylic acids is 1. The van der Waals surface area contributed by atoms with Crippen LogP contribution in [-0.4, -0.2) is 28.5 Å². The Morgan fingerprint density at radius 1 is 1.17 bits per heavy atom. The first-order valence-electron chi connectivity index (χ1n) is 8.84. The number of benzene rings is 1. The van der Waals surface area contributed by atoms with E-state index in [1.54, 1.807) is 12.1 Å². The van der Waals surface area contributed by atoms with Crippen LogP contribution in [0.3, 0.4) is 0 Å². The van der Waals surface area contributed by atoms with Crippen molar-refractivity contribution in [2.45, 2.75) is 19.3 Å². The molecule has 0 radical (unpaired) electrons. The number of Topliss-reactive ketones (excluding diaryl/α,β-unsaturated/α-hetero) is 2. The smallest absolute Gasteiger partial charge is 0.303 e. The molecule has 9 nitrogen and oxygen atoms in total. The van der Waals surface area contributed by atoms with Crippen LogP contribution in [0.25, 0.3) is 0 Å². The summed E-state index contributed by atoms with van der Waals surface area (Å²) in [6.07, 6.45) is 2.93. The fourth-order valence-electron chi connectivity index (χ4n) is 3.26. The molecule has 9 heteroatoms. The van der Waals surface area contributed by atoms with E-state index in [4.69, 9.17) is 22.0 Å². The first-order valence-corrected chi connectivity index (χ1v) is 8.84. The molecule has 6 N–H and O–H groups in total. The van der Waals surface area contributed by atoms with Gasteiger partial charge in [0, 0.05) is 41.0 Å². The summed E-state index contributed by atoms with van der Waals surface area (Å²) in [4.78, 5) is 36.6. The predicted molar refractivity (Wildman–Crippen MR) is 104 cm³/mol. The van der Waals surface area contributed by atoms with E-state index >= 15 is 0 Å². The van der Waals surface area contributed by atoms with E-state index in [1.165, 1.54) is 24.3 Å². The van der Waals surface area contributed by atoms with Crippen molar-refractivity contribution in [1.82, 2.24) is 0 Å². The van der Waals surface area contributed by atoms with Gasteiger partial charge in [-0.2, -0.15) is 0 Å². The van der Waals surface area contributed by atoms with Gasteiger partial charge in [-0.3, -0.25) is 19.8 Å². The zero-order valence-electron chi connectivity index (χ0n) is 15.4. The monoisotopic (exact) mass is 393 g/mol. The number of hydrogen-bond acceptors (Lipinski definition) is 7. The number of carboxylic acid groups (broad SMARTS) is 1. The number of carbonyl (C=O) groups excluding carboxylic acids is 2. The summed E-state index contributed by atoms with van der Waals surface area (Å²) in [6, 6.07) is 6.20. The topological polar surface area (TPSA) is 172 Å². The molecule has 0 spiro atoms. The van der Waals surface area contributed by atoms with E-state index in [-0.39, 0.29) is 53.8 Å². The number of nitrogen functional groups attached to an aromatic ring is 1. The highest BCUT2D eigenvalue weighted by Crippen LogP contribution is 2.34. The molecule has 1 heterocycles. The van der Waals surface area contributed by atoms with Gasteiger partial charge in [0.2, 0.25) is 0 Å². The number of rotatable bonds is 6. The largest absolute Gasteiger partial charge is 0.481 e. The molecule has 0 bridgehead atoms. The molecule has 3 rings (SSSR count). The molecule has 1 aromatic rings. The second-order valence-electron chi connectivity index (χ2n) is 6.72. The SMILES string of the molecule is N=C(N)c1ccc(C(=O)C2=CC3=C(C(=O)C2)C(CCC(=O)O)C=C(N)N=N3)cc1. The Kier molecular flexibility index (Phi) is 5.49. The maximum atomic E-state index is 12.8. The van der Waals surface area contributed by atoms with Gasteiger partial charge >= 0.3 is 5.97 Å². The normalized spacial score (nSPS) is 18.5. The second kappa shape index (κ2) is 8.01. The molecule has 2 aliphatic rings. The lowest BCUT2D eigenvalue weighted by Gasteiger charge is -2.20. The number of nitrogens with zero attached hydrogens (tertiary/aromatic N) is 2. The van der Waals surface area contributed by atoms with Crippen molar-refractivity contribution >= 4 is 23.4 Å². The lowest BCUT2D eigenvalue weighted by atomic mass is 9.82. The molecule has 0 aromatic heterocycles. The van der Waals surface area contributed by atoms with E-state index in [1.807, 2.05) is 0 Å². The van der Waals surface area contributed by atoms with Crippen LogP contribution in [-0.2, 0) is 9.59 Å². The van der Waals surface area contributed by atoms with Crippen LogP contribution in [0.15, 0.2) is 69.3 Å². The second-order valence-corrected chi connectivity index (χ2v) is 6.72. The summed E-state index contributed by atoms with van der Waals surface area (Å²) in [5.74, 6) is -2.20. The third kappa shape index (κ3) is 4.34. The van der Waals surface area contributed by atoms with Gasteiger partial charge in [0.25, 0.3) is 0 Å². The summed E-state index contributed by atoms with van der Waals surface area (Å²) >= 11 is 0. The van der Waals surface area contributed by atoms with Crippen molar-refractivity contribution in [3.63, 3.8) is 0 Å². The van der Waals surface area contributed by atoms with E-state index < -0.39 is 11.9 Å². The minimum Gasteiger partial charge on any atom is -0.481 e. The molecule has 1 aromatic carbocycles. The number of carbonyl (C=O) groups is 3. The highest BCUT2D eigenvalue weighted by atomic mass is 16.4. The van der Waals surface area contributed by atoms with E-state index in [9.17, 15) is 14.4 Å². The Bertz CT molecular complexity index is 1030. The summed E-state index contributed by atoms with van der Waals surface area (Å²) in [5.41, 5.74) is 12.8. The Labute approximate surface area is 166 Å². The van der Waals surface area contributed by atoms with Crippen LogP contribution in [0.4, 0.5) is 0 Å². The molecule has 0 amide bonds. The Morgan fingerprint density at radius 3 is 2.45 bits per heavy atom. The maximum absolute atomic E-state index is 12.8. The molecule has 1 unspecified atom stereocenters. The number of hydrogen-bond donors (Lipinski definition) is 4. The van der Waals surface area contributed by atoms with E-state index in [0.29, 0.717) is 16.7 Å². The molecule has 1 aliphatic heterocycles. The van der Waals surface area contributed by atoms with Crippen molar-refractivity contribution in [3.8, 4) is 0 Å². The summed E-state index contributed by atoms with van der Waals surface area (Å²) < 4.78 is 0. The van der Waals surface area contributed by atoms with Gasteiger partial charge in [-0.1, -0.05) is 24.3 Å². The van der Waals surface area contributed by atoms with Gasteiger partial charge in [-0.15, -0.1) is 10.2 Å². The average molecular weight is 393 g/mol. The van der Waals surface area contributed by atoms with E-state index in [0.717, 1.165) is 0 Å². The van der Waals surface area contributed by atoms with Crippen LogP contribution < -0.4 is 11.5 Å². The fraction of sp³-hybridized carbons (Fsp3) is 0.200. The molecule has 0 fully saturated rings. The number of nitrogens with two attached hydrogens (primary N) is 2. The first-order chi connectivity index (χ1) is 13.8. The summed E-state index contributed by atoms with van der Waals surface area (Å²) in [7, 11) is 0. The lowest BCUT2D eigenvalue weighted by molar-refractivity contribution is -0.137. The molecular formula is C20H19N5O4. The number of azo groups is 1. The lowest BCUT2D eigenvalue weighted by Crippen LogP contribution is -2.21. The zero-order valence-corrected chi connectivity index (χ0v) is 15.4. The molecule has 148 valence electrons. The first kappa shape index (κ1) is 19.9. The molecule has 29 heavy (non-hydrogen) atoms. The Morgan fingerprint density at radius 2 is 1.83 bits per heavy atom. The van der Waals surface area contributed by atoms with Crippen LogP contribution >= 0.6 is 0 Å². The quantitative estimate of drug-likeness (QED) is 0.327. The van der Waals surface area contributed by atoms with Gasteiger partial charge in [0.15, 0.2) is 11.6 Å². The highest BCUT2D eigenvalue weighted by Gasteiger charge is 2.31. The van der Waals surface area contributed by atoms with Gasteiger partial charge in [0.1, 0.15) is 11.7 Å². The highest BCUT2D eigenvalue weighted by molar-refractivity contribution is 6.15. The van der Waals surface area contributed by atoms with Gasteiger partial charge in [-0.25, -0.2) is 0 Å². The van der Waals surface area contributed by atoms with Crippen LogP contribution in [0.2, 0.25) is 0 Å². The van der Waals surface area contributed by atoms with Crippen molar-refractivity contribution in [1.29, 1.82) is 5.41 Å². The summed E-state index contributed by atoms with van der Waals surface area (Å²) in [6.45, 7) is 0. The maximum Gasteiger partial charge on any atom is 0.303 e. The van der Waals surface area contributed by atoms with Crippen molar-refractivity contribution in [3.05, 3.63) is 70.2 Å². The zero-order chi connectivity index (χ0) is 21.1. The number of ketones is 2. The molecule has 1 atom stereocenters. The number of nitrogens with one attached hydrogen (secondary N) is 1. The van der Waals surface area contributed by atoms with Crippen molar-refractivity contribution < 1.29 is 19.5 Å². The van der Waals surface area contributed by atoms with Crippen LogP contribution in [0, 0.1) is 11.3 Å². The Balaban J connectivity index is 1.94. The third-order valence-corrected chi connectivity index (χ3v) is 4.67. The Hall–Kier alpha value is -3.88. The van der Waals surface area contributed by atoms with Crippen LogP contribution in [0.5, 0.6) is 0 Å². The fourth-order valence-corrected chi connectivity index (χ4v) is 3.26. The summed E-state index contributed by atoms with van der Waals surface area (Å²) in [5, 5.41) is 24.2. The molecular weight excluding hydrogens is 374 g/mol. The average Bonchev–Trinajstić information content (AvgIpc) is 2.84. The molecule has 1 aliphatic carbocycles. The van der Waals surface area contributed by atoms with Gasteiger partial charge in [-0.05, 0) is 18.6 Å². The van der Waals surface area contributed by atoms with E-state index in [2.05, 4.69) is 10.2 Å². The van der Waals surface area contributed by atoms with Gasteiger partial charge in [0.05, 0.1) is 5.70 Å².